The van der Waals surface area contributed by atoms with Crippen molar-refractivity contribution in [1.82, 2.24) is 10.2 Å². The summed E-state index contributed by atoms with van der Waals surface area (Å²) in [7, 11) is 0. The lowest BCUT2D eigenvalue weighted by Crippen LogP contribution is -2.42. The normalized spacial score (nSPS) is 12.2. The molecule has 0 aliphatic carbocycles. The lowest BCUT2D eigenvalue weighted by atomic mass is 10.1. The molecule has 5 heteroatoms. The van der Waals surface area contributed by atoms with Crippen molar-refractivity contribution < 1.29 is 14.7 Å². The second-order valence-electron chi connectivity index (χ2n) is 4.89. The number of aryl methyl sites for hydroxylation is 1. The Kier molecular flexibility index (Phi) is 6.18. The van der Waals surface area contributed by atoms with Crippen molar-refractivity contribution in [3.8, 4) is 0 Å². The minimum atomic E-state index is -0.860. The standard InChI is InChI=1S/C15H22N2O3/c1-11-6-4-5-7-14(11)10-17(12(2)15(19)20)9-8-16-13(3)18/h4-7,12H,8-10H2,1-3H3,(H,16,18)(H,19,20). The Balaban J connectivity index is 2.74. The third kappa shape index (κ3) is 5.01. The largest absolute Gasteiger partial charge is 0.480 e. The summed E-state index contributed by atoms with van der Waals surface area (Å²) in [5, 5.41) is 11.9. The van der Waals surface area contributed by atoms with Gasteiger partial charge in [0.15, 0.2) is 0 Å². The molecule has 1 unspecified atom stereocenters. The molecule has 0 heterocycles. The number of carbonyl (C=O) groups is 2. The van der Waals surface area contributed by atoms with Crippen molar-refractivity contribution in [3.05, 3.63) is 35.4 Å². The van der Waals surface area contributed by atoms with Gasteiger partial charge >= 0.3 is 5.97 Å². The minimum absolute atomic E-state index is 0.108. The maximum atomic E-state index is 11.2. The van der Waals surface area contributed by atoms with Crippen molar-refractivity contribution in [2.45, 2.75) is 33.4 Å². The zero-order valence-electron chi connectivity index (χ0n) is 12.2. The van der Waals surface area contributed by atoms with Crippen molar-refractivity contribution in [3.63, 3.8) is 0 Å². The zero-order valence-corrected chi connectivity index (χ0v) is 12.2. The van der Waals surface area contributed by atoms with Crippen LogP contribution in [0.2, 0.25) is 0 Å². The minimum Gasteiger partial charge on any atom is -0.480 e. The first-order valence-corrected chi connectivity index (χ1v) is 6.67. The Morgan fingerprint density at radius 2 is 2.00 bits per heavy atom. The summed E-state index contributed by atoms with van der Waals surface area (Å²) in [5.74, 6) is -0.967. The summed E-state index contributed by atoms with van der Waals surface area (Å²) in [6, 6.07) is 7.31. The van der Waals surface area contributed by atoms with Gasteiger partial charge in [-0.3, -0.25) is 14.5 Å². The third-order valence-corrected chi connectivity index (χ3v) is 3.31. The lowest BCUT2D eigenvalue weighted by molar-refractivity contribution is -0.142. The van der Waals surface area contributed by atoms with E-state index in [0.717, 1.165) is 11.1 Å². The molecule has 0 saturated heterocycles. The fraction of sp³-hybridized carbons (Fsp3) is 0.467. The molecule has 0 fully saturated rings. The van der Waals surface area contributed by atoms with Crippen molar-refractivity contribution in [1.29, 1.82) is 0 Å². The van der Waals surface area contributed by atoms with Gasteiger partial charge in [-0.05, 0) is 25.0 Å². The van der Waals surface area contributed by atoms with E-state index < -0.39 is 12.0 Å². The van der Waals surface area contributed by atoms with Gasteiger partial charge in [-0.2, -0.15) is 0 Å². The van der Waals surface area contributed by atoms with Gasteiger partial charge in [-0.15, -0.1) is 0 Å². The van der Waals surface area contributed by atoms with Crippen LogP contribution >= 0.6 is 0 Å². The van der Waals surface area contributed by atoms with Crippen LogP contribution in [0.3, 0.4) is 0 Å². The van der Waals surface area contributed by atoms with Crippen LogP contribution in [0, 0.1) is 6.92 Å². The molecule has 0 bridgehead atoms. The first-order valence-electron chi connectivity index (χ1n) is 6.67. The predicted octanol–water partition coefficient (Wildman–Crippen LogP) is 1.41. The van der Waals surface area contributed by atoms with Crippen LogP contribution < -0.4 is 5.32 Å². The van der Waals surface area contributed by atoms with Crippen molar-refractivity contribution in [2.24, 2.45) is 0 Å². The molecule has 0 aromatic heterocycles. The molecule has 2 N–H and O–H groups in total. The Bertz CT molecular complexity index is 474. The number of carbonyl (C=O) groups excluding carboxylic acids is 1. The molecule has 0 radical (unpaired) electrons. The molecule has 0 aliphatic heterocycles. The highest BCUT2D eigenvalue weighted by molar-refractivity contribution is 5.73. The van der Waals surface area contributed by atoms with Crippen LogP contribution in [0.4, 0.5) is 0 Å². The second kappa shape index (κ2) is 7.65. The summed E-state index contributed by atoms with van der Waals surface area (Å²) in [4.78, 5) is 23.9. The van der Waals surface area contributed by atoms with Gasteiger partial charge in [0, 0.05) is 26.6 Å². The summed E-state index contributed by atoms with van der Waals surface area (Å²) in [6.45, 7) is 6.62. The van der Waals surface area contributed by atoms with E-state index in [4.69, 9.17) is 0 Å². The van der Waals surface area contributed by atoms with Gasteiger partial charge in [0.05, 0.1) is 0 Å². The summed E-state index contributed by atoms with van der Waals surface area (Å²) in [5.41, 5.74) is 2.23. The first-order chi connectivity index (χ1) is 9.41. The Morgan fingerprint density at radius 1 is 1.35 bits per heavy atom. The van der Waals surface area contributed by atoms with Crippen LogP contribution in [-0.2, 0) is 16.1 Å². The van der Waals surface area contributed by atoms with Gasteiger partial charge in [0.2, 0.25) is 5.91 Å². The van der Waals surface area contributed by atoms with E-state index in [1.54, 1.807) is 6.92 Å². The number of amides is 1. The Hall–Kier alpha value is -1.88. The number of carboxylic acids is 1. The Morgan fingerprint density at radius 3 is 2.55 bits per heavy atom. The van der Waals surface area contributed by atoms with Crippen LogP contribution in [0.15, 0.2) is 24.3 Å². The van der Waals surface area contributed by atoms with Gasteiger partial charge < -0.3 is 10.4 Å². The van der Waals surface area contributed by atoms with E-state index in [0.29, 0.717) is 19.6 Å². The average Bonchev–Trinajstić information content (AvgIpc) is 2.38. The molecule has 0 saturated carbocycles. The molecule has 5 nitrogen and oxygen atoms in total. The molecule has 1 amide bonds. The van der Waals surface area contributed by atoms with E-state index in [9.17, 15) is 14.7 Å². The third-order valence-electron chi connectivity index (χ3n) is 3.31. The van der Waals surface area contributed by atoms with Gasteiger partial charge in [-0.1, -0.05) is 24.3 Å². The fourth-order valence-corrected chi connectivity index (χ4v) is 1.95. The molecule has 1 aromatic rings. The Labute approximate surface area is 119 Å². The summed E-state index contributed by atoms with van der Waals surface area (Å²) in [6.07, 6.45) is 0. The number of hydrogen-bond acceptors (Lipinski definition) is 3. The van der Waals surface area contributed by atoms with E-state index in [1.165, 1.54) is 6.92 Å². The molecule has 1 aromatic carbocycles. The van der Waals surface area contributed by atoms with Crippen LogP contribution in [-0.4, -0.2) is 41.0 Å². The number of benzene rings is 1. The van der Waals surface area contributed by atoms with Crippen molar-refractivity contribution in [2.75, 3.05) is 13.1 Å². The SMILES string of the molecule is CC(=O)NCCN(Cc1ccccc1C)C(C)C(=O)O. The number of rotatable bonds is 7. The molecular formula is C15H22N2O3. The van der Waals surface area contributed by atoms with Gasteiger partial charge in [0.25, 0.3) is 0 Å². The number of nitrogens with one attached hydrogen (secondary N) is 1. The van der Waals surface area contributed by atoms with Gasteiger partial charge in [0.1, 0.15) is 6.04 Å². The van der Waals surface area contributed by atoms with Crippen molar-refractivity contribution >= 4 is 11.9 Å². The van der Waals surface area contributed by atoms with Crippen LogP contribution in [0.25, 0.3) is 0 Å². The van der Waals surface area contributed by atoms with Crippen LogP contribution in [0.5, 0.6) is 0 Å². The predicted molar refractivity (Wildman–Crippen MR) is 77.4 cm³/mol. The molecule has 110 valence electrons. The van der Waals surface area contributed by atoms with Gasteiger partial charge in [-0.25, -0.2) is 0 Å². The zero-order chi connectivity index (χ0) is 15.1. The van der Waals surface area contributed by atoms with E-state index >= 15 is 0 Å². The van der Waals surface area contributed by atoms with E-state index in [-0.39, 0.29) is 5.91 Å². The highest BCUT2D eigenvalue weighted by Crippen LogP contribution is 2.12. The second-order valence-corrected chi connectivity index (χ2v) is 4.89. The maximum absolute atomic E-state index is 11.2. The quantitative estimate of drug-likeness (QED) is 0.791. The summed E-state index contributed by atoms with van der Waals surface area (Å²) < 4.78 is 0. The molecule has 1 rings (SSSR count). The first kappa shape index (κ1) is 16.2. The number of carboxylic acid groups (broad SMARTS) is 1. The maximum Gasteiger partial charge on any atom is 0.320 e. The molecule has 0 aliphatic rings. The molecule has 1 atom stereocenters. The molecule has 0 spiro atoms. The fourth-order valence-electron chi connectivity index (χ4n) is 1.95. The highest BCUT2D eigenvalue weighted by Gasteiger charge is 2.20. The monoisotopic (exact) mass is 278 g/mol. The lowest BCUT2D eigenvalue weighted by Gasteiger charge is -2.27. The smallest absolute Gasteiger partial charge is 0.320 e. The van der Waals surface area contributed by atoms with E-state index in [2.05, 4.69) is 5.32 Å². The highest BCUT2D eigenvalue weighted by atomic mass is 16.4. The van der Waals surface area contributed by atoms with Crippen LogP contribution in [0.1, 0.15) is 25.0 Å². The number of hydrogen-bond donors (Lipinski definition) is 2. The topological polar surface area (TPSA) is 69.6 Å². The number of aliphatic carboxylic acids is 1. The number of nitrogens with zero attached hydrogens (tertiary/aromatic N) is 1. The molecular weight excluding hydrogens is 256 g/mol. The summed E-state index contributed by atoms with van der Waals surface area (Å²) >= 11 is 0. The average molecular weight is 278 g/mol. The molecule has 20 heavy (non-hydrogen) atoms. The van der Waals surface area contributed by atoms with E-state index in [1.807, 2.05) is 36.1 Å².